The predicted octanol–water partition coefficient (Wildman–Crippen LogP) is 2.86. The second-order valence-corrected chi connectivity index (χ2v) is 5.86. The monoisotopic (exact) mass is 359 g/mol. The van der Waals surface area contributed by atoms with E-state index in [1.54, 1.807) is 14.2 Å². The molecule has 0 amide bonds. The molecule has 140 valence electrons. The molecule has 2 rings (SSSR count). The van der Waals surface area contributed by atoms with Gasteiger partial charge in [-0.05, 0) is 42.2 Å². The van der Waals surface area contributed by atoms with Gasteiger partial charge in [0.05, 0.1) is 26.4 Å². The van der Waals surface area contributed by atoms with Gasteiger partial charge in [0.2, 0.25) is 0 Å². The number of carboxylic acids is 1. The van der Waals surface area contributed by atoms with Crippen molar-refractivity contribution >= 4 is 5.97 Å². The third-order valence-electron chi connectivity index (χ3n) is 4.05. The van der Waals surface area contributed by atoms with E-state index in [4.69, 9.17) is 25.1 Å². The van der Waals surface area contributed by atoms with Crippen LogP contribution in [0.25, 0.3) is 11.1 Å². The van der Waals surface area contributed by atoms with Crippen molar-refractivity contribution in [2.24, 2.45) is 5.73 Å². The summed E-state index contributed by atoms with van der Waals surface area (Å²) in [5.74, 6) is 0.366. The Hall–Kier alpha value is -2.57. The Morgan fingerprint density at radius 3 is 2.12 bits per heavy atom. The molecule has 2 aromatic rings. The lowest BCUT2D eigenvalue weighted by Crippen LogP contribution is -2.32. The number of rotatable bonds is 9. The van der Waals surface area contributed by atoms with Gasteiger partial charge in [-0.1, -0.05) is 24.3 Å². The molecule has 0 heterocycles. The van der Waals surface area contributed by atoms with E-state index in [9.17, 15) is 4.79 Å². The predicted molar refractivity (Wildman–Crippen MR) is 99.6 cm³/mol. The van der Waals surface area contributed by atoms with Crippen molar-refractivity contribution in [1.82, 2.24) is 0 Å². The number of carboxylic acid groups (broad SMARTS) is 1. The molecule has 2 aromatic carbocycles. The molecule has 0 bridgehead atoms. The van der Waals surface area contributed by atoms with Crippen molar-refractivity contribution in [3.8, 4) is 22.6 Å². The highest BCUT2D eigenvalue weighted by atomic mass is 16.5. The van der Waals surface area contributed by atoms with Crippen LogP contribution in [0.4, 0.5) is 0 Å². The summed E-state index contributed by atoms with van der Waals surface area (Å²) in [4.78, 5) is 10.9. The van der Waals surface area contributed by atoms with Crippen LogP contribution in [0.3, 0.4) is 0 Å². The van der Waals surface area contributed by atoms with E-state index in [1.807, 2.05) is 43.3 Å². The smallest absolute Gasteiger partial charge is 0.320 e. The molecule has 1 atom stereocenters. The first-order chi connectivity index (χ1) is 12.5. The van der Waals surface area contributed by atoms with Gasteiger partial charge in [0.15, 0.2) is 0 Å². The van der Waals surface area contributed by atoms with E-state index in [1.165, 1.54) is 0 Å². The summed E-state index contributed by atoms with van der Waals surface area (Å²) in [6.07, 6.45) is 0.275. The molecule has 0 radical (unpaired) electrons. The minimum Gasteiger partial charge on any atom is -0.496 e. The van der Waals surface area contributed by atoms with Crippen molar-refractivity contribution in [1.29, 1.82) is 0 Å². The molecule has 0 aliphatic rings. The Morgan fingerprint density at radius 2 is 1.65 bits per heavy atom. The van der Waals surface area contributed by atoms with Crippen LogP contribution in [0.5, 0.6) is 11.5 Å². The number of hydrogen-bond acceptors (Lipinski definition) is 5. The van der Waals surface area contributed by atoms with Gasteiger partial charge >= 0.3 is 5.97 Å². The summed E-state index contributed by atoms with van der Waals surface area (Å²) in [7, 11) is 3.23. The van der Waals surface area contributed by atoms with Crippen LogP contribution in [0, 0.1) is 0 Å². The van der Waals surface area contributed by atoms with Crippen LogP contribution in [0.15, 0.2) is 36.4 Å². The Morgan fingerprint density at radius 1 is 1.08 bits per heavy atom. The number of carbonyl (C=O) groups is 1. The van der Waals surface area contributed by atoms with Crippen LogP contribution < -0.4 is 15.2 Å². The van der Waals surface area contributed by atoms with Gasteiger partial charge in [0.1, 0.15) is 17.5 Å². The standard InChI is InChI=1S/C20H25NO5/c1-4-26-12-14-10-17(24-2)19(18(11-14)25-3)15-7-5-13(6-8-15)9-16(21)20(22)23/h5-8,10-11,16H,4,9,12,21H2,1-3H3,(H,22,23)/t16-/m0/s1. The zero-order valence-corrected chi connectivity index (χ0v) is 15.3. The van der Waals surface area contributed by atoms with Crippen LogP contribution in [0.1, 0.15) is 18.1 Å². The van der Waals surface area contributed by atoms with Crippen molar-refractivity contribution in [2.45, 2.75) is 26.0 Å². The van der Waals surface area contributed by atoms with Crippen molar-refractivity contribution < 1.29 is 24.1 Å². The van der Waals surface area contributed by atoms with E-state index in [2.05, 4.69) is 0 Å². The Labute approximate surface area is 153 Å². The normalized spacial score (nSPS) is 11.8. The van der Waals surface area contributed by atoms with Crippen molar-refractivity contribution in [3.63, 3.8) is 0 Å². The molecule has 0 fully saturated rings. The van der Waals surface area contributed by atoms with Gasteiger partial charge in [-0.3, -0.25) is 4.79 Å². The second kappa shape index (κ2) is 9.22. The number of ether oxygens (including phenoxy) is 3. The molecule has 26 heavy (non-hydrogen) atoms. The largest absolute Gasteiger partial charge is 0.496 e. The third-order valence-corrected chi connectivity index (χ3v) is 4.05. The van der Waals surface area contributed by atoms with Crippen LogP contribution >= 0.6 is 0 Å². The topological polar surface area (TPSA) is 91.0 Å². The summed E-state index contributed by atoms with van der Waals surface area (Å²) in [5, 5.41) is 8.93. The molecular formula is C20H25NO5. The quantitative estimate of drug-likeness (QED) is 0.715. The molecule has 0 saturated carbocycles. The second-order valence-electron chi connectivity index (χ2n) is 5.86. The molecule has 0 aromatic heterocycles. The van der Waals surface area contributed by atoms with Crippen LogP contribution in [-0.2, 0) is 22.6 Å². The van der Waals surface area contributed by atoms with E-state index in [0.717, 1.165) is 22.3 Å². The van der Waals surface area contributed by atoms with Gasteiger partial charge in [0, 0.05) is 6.61 Å². The fourth-order valence-electron chi connectivity index (χ4n) is 2.70. The molecule has 0 unspecified atom stereocenters. The fraction of sp³-hybridized carbons (Fsp3) is 0.350. The van der Waals surface area contributed by atoms with Crippen molar-refractivity contribution in [3.05, 3.63) is 47.5 Å². The van der Waals surface area contributed by atoms with E-state index in [0.29, 0.717) is 24.7 Å². The van der Waals surface area contributed by atoms with Gasteiger partial charge < -0.3 is 25.1 Å². The van der Waals surface area contributed by atoms with E-state index in [-0.39, 0.29) is 6.42 Å². The summed E-state index contributed by atoms with van der Waals surface area (Å²) >= 11 is 0. The molecule has 6 nitrogen and oxygen atoms in total. The maximum atomic E-state index is 10.9. The summed E-state index contributed by atoms with van der Waals surface area (Å²) in [5.41, 5.74) is 9.17. The van der Waals surface area contributed by atoms with E-state index >= 15 is 0 Å². The van der Waals surface area contributed by atoms with E-state index < -0.39 is 12.0 Å². The Balaban J connectivity index is 2.35. The zero-order chi connectivity index (χ0) is 19.1. The average Bonchev–Trinajstić information content (AvgIpc) is 2.66. The number of aliphatic carboxylic acids is 1. The first-order valence-electron chi connectivity index (χ1n) is 8.40. The van der Waals surface area contributed by atoms with Crippen LogP contribution in [0.2, 0.25) is 0 Å². The highest BCUT2D eigenvalue weighted by Gasteiger charge is 2.16. The molecule has 0 saturated heterocycles. The zero-order valence-electron chi connectivity index (χ0n) is 15.3. The average molecular weight is 359 g/mol. The lowest BCUT2D eigenvalue weighted by Gasteiger charge is -2.16. The maximum Gasteiger partial charge on any atom is 0.320 e. The number of methoxy groups -OCH3 is 2. The molecular weight excluding hydrogens is 334 g/mol. The Bertz CT molecular complexity index is 717. The molecule has 3 N–H and O–H groups in total. The molecule has 0 spiro atoms. The number of benzene rings is 2. The fourth-order valence-corrected chi connectivity index (χ4v) is 2.70. The lowest BCUT2D eigenvalue weighted by molar-refractivity contribution is -0.138. The summed E-state index contributed by atoms with van der Waals surface area (Å²) < 4.78 is 16.6. The minimum atomic E-state index is -1.01. The van der Waals surface area contributed by atoms with Crippen LogP contribution in [-0.4, -0.2) is 37.9 Å². The highest BCUT2D eigenvalue weighted by molar-refractivity contribution is 5.78. The maximum absolute atomic E-state index is 10.9. The number of nitrogens with two attached hydrogens (primary N) is 1. The summed E-state index contributed by atoms with van der Waals surface area (Å²) in [6, 6.07) is 10.5. The first-order valence-corrected chi connectivity index (χ1v) is 8.40. The lowest BCUT2D eigenvalue weighted by atomic mass is 9.98. The highest BCUT2D eigenvalue weighted by Crippen LogP contribution is 2.39. The SMILES string of the molecule is CCOCc1cc(OC)c(-c2ccc(C[C@H](N)C(=O)O)cc2)c(OC)c1. The Kier molecular flexibility index (Phi) is 7.00. The third kappa shape index (κ3) is 4.74. The summed E-state index contributed by atoms with van der Waals surface area (Å²) in [6.45, 7) is 3.06. The molecule has 6 heteroatoms. The first kappa shape index (κ1) is 19.8. The van der Waals surface area contributed by atoms with Gasteiger partial charge in [-0.25, -0.2) is 0 Å². The number of hydrogen-bond donors (Lipinski definition) is 2. The minimum absolute atomic E-state index is 0.275. The molecule has 0 aliphatic carbocycles. The van der Waals surface area contributed by atoms with Gasteiger partial charge in [0.25, 0.3) is 0 Å². The molecule has 0 aliphatic heterocycles. The van der Waals surface area contributed by atoms with Crippen molar-refractivity contribution in [2.75, 3.05) is 20.8 Å². The van der Waals surface area contributed by atoms with Gasteiger partial charge in [-0.2, -0.15) is 0 Å². The van der Waals surface area contributed by atoms with Gasteiger partial charge in [-0.15, -0.1) is 0 Å².